The minimum Gasteiger partial charge on any atom is -0.478 e. The van der Waals surface area contributed by atoms with E-state index < -0.39 is 12.3 Å². The zero-order chi connectivity index (χ0) is 23.0. The van der Waals surface area contributed by atoms with E-state index in [0.717, 1.165) is 25.0 Å². The standard InChI is InChI=1S/C23H34O5.CH4O2/c1-14-11-17(8-10-19(14)22(24)25)12-28-23(26)16(3)20-6-4-5-18-9-7-15(2)27-13-21(18)20;1-3-2/h8,10-11,15-16,18,20-21,23,26H,4-7,9,12-13H2,1-3H3,(H,24,25);2H,1H3/t15?,16-,18-,20+,21?,23-;/m1./s1. The summed E-state index contributed by atoms with van der Waals surface area (Å²) in [6, 6.07) is 5.17. The van der Waals surface area contributed by atoms with Crippen LogP contribution < -0.4 is 0 Å². The molecular weight excluding hydrogens is 400 g/mol. The molecule has 7 heteroatoms. The van der Waals surface area contributed by atoms with E-state index in [1.165, 1.54) is 26.4 Å². The quantitative estimate of drug-likeness (QED) is 0.341. The number of carboxylic acid groups (broad SMARTS) is 1. The van der Waals surface area contributed by atoms with Crippen molar-refractivity contribution in [1.82, 2.24) is 0 Å². The van der Waals surface area contributed by atoms with Gasteiger partial charge in [0.25, 0.3) is 0 Å². The monoisotopic (exact) mass is 438 g/mol. The van der Waals surface area contributed by atoms with Gasteiger partial charge < -0.3 is 19.7 Å². The Kier molecular flexibility index (Phi) is 10.4. The normalized spacial score (nSPS) is 27.8. The lowest BCUT2D eigenvalue weighted by molar-refractivity contribution is -0.214. The lowest BCUT2D eigenvalue weighted by Gasteiger charge is -2.41. The highest BCUT2D eigenvalue weighted by molar-refractivity contribution is 5.89. The highest BCUT2D eigenvalue weighted by Crippen LogP contribution is 2.44. The second-order valence-corrected chi connectivity index (χ2v) is 8.94. The third-order valence-electron chi connectivity index (χ3n) is 6.85. The van der Waals surface area contributed by atoms with Gasteiger partial charge in [0.2, 0.25) is 0 Å². The summed E-state index contributed by atoms with van der Waals surface area (Å²) < 4.78 is 11.8. The fourth-order valence-corrected chi connectivity index (χ4v) is 5.07. The van der Waals surface area contributed by atoms with Crippen LogP contribution in [0.2, 0.25) is 0 Å². The summed E-state index contributed by atoms with van der Waals surface area (Å²) >= 11 is 0. The van der Waals surface area contributed by atoms with Gasteiger partial charge in [-0.15, -0.1) is 0 Å². The summed E-state index contributed by atoms with van der Waals surface area (Å²) in [6.07, 6.45) is 5.47. The van der Waals surface area contributed by atoms with Crippen LogP contribution in [0.3, 0.4) is 0 Å². The average molecular weight is 439 g/mol. The van der Waals surface area contributed by atoms with Crippen LogP contribution in [-0.4, -0.2) is 47.6 Å². The number of carbonyl (C=O) groups is 1. The Hall–Kier alpha value is -1.51. The van der Waals surface area contributed by atoms with E-state index in [9.17, 15) is 9.90 Å². The Morgan fingerprint density at radius 1 is 1.26 bits per heavy atom. The maximum absolute atomic E-state index is 11.1. The molecular formula is C24H38O7. The number of fused-ring (bicyclic) bond motifs is 1. The van der Waals surface area contributed by atoms with Crippen molar-refractivity contribution in [2.24, 2.45) is 23.7 Å². The Labute approximate surface area is 185 Å². The predicted octanol–water partition coefficient (Wildman–Crippen LogP) is 4.50. The lowest BCUT2D eigenvalue weighted by atomic mass is 9.66. The minimum absolute atomic E-state index is 0.0456. The Bertz CT molecular complexity index is 693. The average Bonchev–Trinajstić information content (AvgIpc) is 2.93. The van der Waals surface area contributed by atoms with Crippen LogP contribution in [0.5, 0.6) is 0 Å². The summed E-state index contributed by atoms with van der Waals surface area (Å²) in [7, 11) is 1.18. The molecule has 3 N–H and O–H groups in total. The molecule has 0 amide bonds. The highest BCUT2D eigenvalue weighted by Gasteiger charge is 2.40. The Morgan fingerprint density at radius 2 is 1.97 bits per heavy atom. The molecule has 2 fully saturated rings. The summed E-state index contributed by atoms with van der Waals surface area (Å²) in [5.74, 6) is 0.735. The van der Waals surface area contributed by atoms with Crippen molar-refractivity contribution in [3.63, 3.8) is 0 Å². The fraction of sp³-hybridized carbons (Fsp3) is 0.708. The summed E-state index contributed by atoms with van der Waals surface area (Å²) in [4.78, 5) is 14.4. The number of hydrogen-bond acceptors (Lipinski definition) is 6. The van der Waals surface area contributed by atoms with Gasteiger partial charge in [0.05, 0.1) is 32.0 Å². The number of hydrogen-bond donors (Lipinski definition) is 3. The van der Waals surface area contributed by atoms with Gasteiger partial charge in [-0.25, -0.2) is 9.68 Å². The number of benzene rings is 1. The first-order valence-electron chi connectivity index (χ1n) is 11.2. The lowest BCUT2D eigenvalue weighted by Crippen LogP contribution is -2.39. The molecule has 6 atom stereocenters. The molecule has 1 saturated carbocycles. The van der Waals surface area contributed by atoms with Crippen LogP contribution in [0.15, 0.2) is 18.2 Å². The van der Waals surface area contributed by atoms with Gasteiger partial charge in [-0.2, -0.15) is 0 Å². The van der Waals surface area contributed by atoms with E-state index in [1.54, 1.807) is 19.1 Å². The molecule has 0 spiro atoms. The van der Waals surface area contributed by atoms with Gasteiger partial charge in [0.15, 0.2) is 6.29 Å². The van der Waals surface area contributed by atoms with Crippen molar-refractivity contribution < 1.29 is 34.6 Å². The molecule has 1 heterocycles. The second kappa shape index (κ2) is 12.5. The van der Waals surface area contributed by atoms with Crippen molar-refractivity contribution >= 4 is 5.97 Å². The summed E-state index contributed by atoms with van der Waals surface area (Å²) in [5.41, 5.74) is 1.88. The number of ether oxygens (including phenoxy) is 2. The maximum atomic E-state index is 11.1. The van der Waals surface area contributed by atoms with E-state index in [1.807, 2.05) is 6.07 Å². The molecule has 0 radical (unpaired) electrons. The number of aliphatic hydroxyl groups is 1. The molecule has 1 aromatic carbocycles. The molecule has 2 aliphatic rings. The summed E-state index contributed by atoms with van der Waals surface area (Å²) in [6.45, 7) is 7.10. The Morgan fingerprint density at radius 3 is 2.61 bits per heavy atom. The molecule has 1 aromatic rings. The van der Waals surface area contributed by atoms with Crippen LogP contribution in [0, 0.1) is 30.6 Å². The molecule has 1 aliphatic carbocycles. The number of carboxylic acids is 1. The maximum Gasteiger partial charge on any atom is 0.335 e. The van der Waals surface area contributed by atoms with E-state index in [0.29, 0.717) is 35.0 Å². The van der Waals surface area contributed by atoms with Crippen LogP contribution in [0.25, 0.3) is 0 Å². The number of aromatic carboxylic acids is 1. The van der Waals surface area contributed by atoms with E-state index in [4.69, 9.17) is 19.8 Å². The highest BCUT2D eigenvalue weighted by atomic mass is 17.1. The predicted molar refractivity (Wildman–Crippen MR) is 117 cm³/mol. The topological polar surface area (TPSA) is 105 Å². The molecule has 31 heavy (non-hydrogen) atoms. The number of rotatable bonds is 6. The molecule has 0 aromatic heterocycles. The van der Waals surface area contributed by atoms with Gasteiger partial charge in [-0.05, 0) is 68.1 Å². The van der Waals surface area contributed by atoms with Gasteiger partial charge in [0.1, 0.15) is 0 Å². The van der Waals surface area contributed by atoms with Crippen LogP contribution in [0.4, 0.5) is 0 Å². The van der Waals surface area contributed by atoms with Gasteiger partial charge in [-0.3, -0.25) is 5.26 Å². The van der Waals surface area contributed by atoms with Crippen molar-refractivity contribution in [2.75, 3.05) is 13.7 Å². The third kappa shape index (κ3) is 7.26. The first-order valence-corrected chi connectivity index (χ1v) is 11.2. The van der Waals surface area contributed by atoms with Crippen LogP contribution >= 0.6 is 0 Å². The molecule has 3 rings (SSSR count). The van der Waals surface area contributed by atoms with Crippen LogP contribution in [0.1, 0.15) is 67.4 Å². The van der Waals surface area contributed by atoms with Gasteiger partial charge in [-0.1, -0.05) is 31.9 Å². The van der Waals surface area contributed by atoms with Gasteiger partial charge >= 0.3 is 5.97 Å². The largest absolute Gasteiger partial charge is 0.478 e. The number of aliphatic hydroxyl groups excluding tert-OH is 1. The molecule has 7 nitrogen and oxygen atoms in total. The van der Waals surface area contributed by atoms with E-state index >= 15 is 0 Å². The third-order valence-corrected chi connectivity index (χ3v) is 6.85. The molecule has 1 saturated heterocycles. The van der Waals surface area contributed by atoms with Gasteiger partial charge in [0, 0.05) is 5.92 Å². The summed E-state index contributed by atoms with van der Waals surface area (Å²) in [5, 5.41) is 26.9. The second-order valence-electron chi connectivity index (χ2n) is 8.94. The van der Waals surface area contributed by atoms with Crippen molar-refractivity contribution in [3.8, 4) is 0 Å². The fourth-order valence-electron chi connectivity index (χ4n) is 5.07. The van der Waals surface area contributed by atoms with E-state index in [-0.39, 0.29) is 12.5 Å². The zero-order valence-electron chi connectivity index (χ0n) is 19.1. The van der Waals surface area contributed by atoms with Crippen molar-refractivity contribution in [3.05, 3.63) is 34.9 Å². The smallest absolute Gasteiger partial charge is 0.335 e. The Balaban J connectivity index is 0.00000107. The van der Waals surface area contributed by atoms with E-state index in [2.05, 4.69) is 18.7 Å². The first kappa shape index (κ1) is 25.7. The first-order chi connectivity index (χ1) is 14.8. The SMILES string of the molecule is COO.Cc1cc(CO[C@@H](O)[C@H](C)[C@@H]2CCC[C@@H]3CCC(C)OCC32)ccc1C(=O)O. The minimum atomic E-state index is -0.926. The van der Waals surface area contributed by atoms with Crippen molar-refractivity contribution in [1.29, 1.82) is 0 Å². The number of aryl methyl sites for hydroxylation is 1. The molecule has 176 valence electrons. The van der Waals surface area contributed by atoms with Crippen LogP contribution in [-0.2, 0) is 21.0 Å². The molecule has 2 unspecified atom stereocenters. The molecule has 0 bridgehead atoms. The van der Waals surface area contributed by atoms with Crippen molar-refractivity contribution in [2.45, 2.75) is 71.9 Å². The zero-order valence-corrected chi connectivity index (χ0v) is 19.1. The molecule has 1 aliphatic heterocycles.